The molecule has 1 heterocycles. The van der Waals surface area contributed by atoms with E-state index < -0.39 is 238 Å². The molecule has 45 heteroatoms. The number of benzene rings is 2. The Kier molecular flexibility index (Phi) is 32.1. The van der Waals surface area contributed by atoms with Gasteiger partial charge >= 0.3 is 101 Å². The Balaban J connectivity index is 2.28. The van der Waals surface area contributed by atoms with Crippen LogP contribution in [0, 0.1) is 0 Å². The average molecular weight is 1570 g/mol. The van der Waals surface area contributed by atoms with Crippen molar-refractivity contribution < 1.29 is 189 Å². The third-order valence-electron chi connectivity index (χ3n) is 14.4. The highest BCUT2D eigenvalue weighted by Gasteiger charge is 2.95. The molecule has 1 aliphatic rings. The number of alkyl halides is 17. The van der Waals surface area contributed by atoms with Crippen LogP contribution in [0.15, 0.2) is 54.6 Å². The summed E-state index contributed by atoms with van der Waals surface area (Å²) in [7, 11) is 0. The number of unbranched alkanes of at least 4 members (excludes halogenated alkanes) is 1. The van der Waals surface area contributed by atoms with Crippen molar-refractivity contribution in [2.75, 3.05) is 26.3 Å². The zero-order valence-corrected chi connectivity index (χ0v) is 56.4. The minimum Gasteiger partial charge on any atom is -0.508 e. The number of ether oxygens (including phenoxy) is 11. The van der Waals surface area contributed by atoms with Crippen LogP contribution in [0.25, 0.3) is 0 Å². The Morgan fingerprint density at radius 1 is 0.472 bits per heavy atom. The van der Waals surface area contributed by atoms with E-state index in [0.29, 0.717) is 38.8 Å². The number of hydrogen-bond donors (Lipinski definition) is 5. The van der Waals surface area contributed by atoms with Crippen molar-refractivity contribution in [2.24, 2.45) is 0 Å². The molecule has 4 amide bonds. The van der Waals surface area contributed by atoms with Gasteiger partial charge in [0.05, 0.1) is 0 Å². The SMILES string of the molecule is CC(=O)OCC(OC(C)=O)[C@H](O[C@@H]1OC(COC(C)=O)[C@H](OC(C)=O)[C@H](OC(C)=O)C1OC(C)=O)[C@H](OC(C)=O)C(OC(C)=O)C(=O)NC(CCCCNC(=O)C(Cc1ccc(O)cc1)NC(=O)OCc1ccccc1)C(=O)NCCC(F)(F)C(F)(F)C(F)(F)C(F)(F)C(F)(F)C(F)(F)C(F)(F)C(F)(F)F. The quantitative estimate of drug-likeness (QED) is 0.0212. The standard InChI is InChI=1S/C61H69F17N4O24/c1-28(83)96-26-41(99-30(3)85)44(106-52-48(104-35(8)90)46(102-33(6)88)43(100-31(4)86)42(105-52)27-97-29(2)84)45(101-32(5)87)47(103-34(7)89)51(94)81-39(16-12-13-22-79-50(93)40(24-36-17-19-38(91)20-18-36)82-53(95)98-25-37-14-10-9-11-15-37)49(92)80-23-21-54(62,63)55(64,65)56(66,67)57(68,69)58(70,71)59(72,73)60(74,75)61(76,77)78/h9-11,14-15,17-20,39-48,52,91H,12-13,16,21-27H2,1-8H3,(H,79,93)(H,80,92)(H,81,94)(H,82,95)/t39?,40?,41?,42?,43-,44-,45-,46-,47?,48?,52-/m0/s1. The topological polar surface area (TPSA) is 375 Å². The molecule has 106 heavy (non-hydrogen) atoms. The predicted octanol–water partition coefficient (Wildman–Crippen LogP) is 6.34. The van der Waals surface area contributed by atoms with Crippen LogP contribution in [-0.2, 0) is 118 Å². The van der Waals surface area contributed by atoms with Gasteiger partial charge in [0.2, 0.25) is 17.9 Å². The van der Waals surface area contributed by atoms with E-state index in [0.717, 1.165) is 27.7 Å². The van der Waals surface area contributed by atoms with Crippen molar-refractivity contribution in [2.45, 2.75) is 209 Å². The maximum Gasteiger partial charge on any atom is 0.460 e. The molecule has 0 saturated carbocycles. The summed E-state index contributed by atoms with van der Waals surface area (Å²) < 4.78 is 301. The number of halogens is 17. The van der Waals surface area contributed by atoms with Gasteiger partial charge < -0.3 is 78.5 Å². The highest BCUT2D eigenvalue weighted by Crippen LogP contribution is 2.64. The van der Waals surface area contributed by atoms with Gasteiger partial charge in [-0.3, -0.25) is 52.7 Å². The summed E-state index contributed by atoms with van der Waals surface area (Å²) in [6, 6.07) is 8.97. The first-order chi connectivity index (χ1) is 48.7. The zero-order chi connectivity index (χ0) is 81.1. The molecular weight excluding hydrogens is 1500 g/mol. The van der Waals surface area contributed by atoms with Gasteiger partial charge in [0.15, 0.2) is 36.8 Å². The summed E-state index contributed by atoms with van der Waals surface area (Å²) in [4.78, 5) is 158. The van der Waals surface area contributed by atoms with Gasteiger partial charge in [-0.1, -0.05) is 42.5 Å². The fourth-order valence-corrected chi connectivity index (χ4v) is 9.51. The largest absolute Gasteiger partial charge is 0.508 e. The monoisotopic (exact) mass is 1560 g/mol. The number of nitrogens with one attached hydrogen (secondary N) is 4. The summed E-state index contributed by atoms with van der Waals surface area (Å²) in [5.41, 5.74) is 0.804. The number of amides is 4. The lowest BCUT2D eigenvalue weighted by Crippen LogP contribution is -2.74. The minimum atomic E-state index is -8.99. The molecule has 0 aliphatic carbocycles. The maximum atomic E-state index is 15.3. The Hall–Kier alpha value is -9.59. The first-order valence-electron chi connectivity index (χ1n) is 30.6. The molecule has 5 N–H and O–H groups in total. The molecule has 1 fully saturated rings. The molecule has 28 nitrogen and oxygen atoms in total. The predicted molar refractivity (Wildman–Crippen MR) is 313 cm³/mol. The van der Waals surface area contributed by atoms with Crippen molar-refractivity contribution in [1.29, 1.82) is 0 Å². The fraction of sp³-hybridized carbons (Fsp3) is 0.607. The van der Waals surface area contributed by atoms with Crippen LogP contribution >= 0.6 is 0 Å². The van der Waals surface area contributed by atoms with Crippen LogP contribution in [0.1, 0.15) is 92.2 Å². The highest BCUT2D eigenvalue weighted by atomic mass is 19.4. The van der Waals surface area contributed by atoms with Crippen molar-refractivity contribution in [1.82, 2.24) is 21.3 Å². The van der Waals surface area contributed by atoms with Crippen molar-refractivity contribution in [3.05, 3.63) is 65.7 Å². The van der Waals surface area contributed by atoms with E-state index in [4.69, 9.17) is 52.1 Å². The number of hydrogen-bond acceptors (Lipinski definition) is 24. The van der Waals surface area contributed by atoms with Crippen LogP contribution in [0.3, 0.4) is 0 Å². The second-order valence-electron chi connectivity index (χ2n) is 22.9. The van der Waals surface area contributed by atoms with Gasteiger partial charge in [-0.2, -0.15) is 74.6 Å². The Morgan fingerprint density at radius 3 is 1.47 bits per heavy atom. The smallest absolute Gasteiger partial charge is 0.460 e. The van der Waals surface area contributed by atoms with Crippen molar-refractivity contribution in [3.63, 3.8) is 0 Å². The number of carbonyl (C=O) groups excluding carboxylic acids is 12. The molecule has 596 valence electrons. The molecule has 6 unspecified atom stereocenters. The molecule has 1 aliphatic heterocycles. The van der Waals surface area contributed by atoms with Gasteiger partial charge in [0.25, 0.3) is 5.91 Å². The zero-order valence-electron chi connectivity index (χ0n) is 56.4. The molecule has 1 saturated heterocycles. The molecular formula is C61H69F17N4O24. The van der Waals surface area contributed by atoms with Crippen LogP contribution in [0.5, 0.6) is 5.75 Å². The number of carbonyl (C=O) groups is 12. The molecule has 0 aromatic heterocycles. The van der Waals surface area contributed by atoms with Crippen LogP contribution < -0.4 is 21.3 Å². The molecule has 2 aromatic carbocycles. The number of phenols is 1. The summed E-state index contributed by atoms with van der Waals surface area (Å²) in [6.45, 7) is -0.0374. The highest BCUT2D eigenvalue weighted by molar-refractivity contribution is 5.91. The second kappa shape index (κ2) is 37.6. The van der Waals surface area contributed by atoms with Crippen molar-refractivity contribution in [3.8, 4) is 5.75 Å². The van der Waals surface area contributed by atoms with E-state index in [9.17, 15) is 120 Å². The van der Waals surface area contributed by atoms with Gasteiger partial charge in [0, 0.05) is 81.3 Å². The summed E-state index contributed by atoms with van der Waals surface area (Å²) in [5.74, 6) is -75.4. The summed E-state index contributed by atoms with van der Waals surface area (Å²) >= 11 is 0. The van der Waals surface area contributed by atoms with Crippen LogP contribution in [0.4, 0.5) is 79.4 Å². The lowest BCUT2D eigenvalue weighted by Gasteiger charge is -2.46. The third kappa shape index (κ3) is 24.0. The number of phenolic OH excluding ortho intramolecular Hbond substituents is 1. The molecule has 0 spiro atoms. The van der Waals surface area contributed by atoms with Crippen molar-refractivity contribution >= 4 is 71.6 Å². The second-order valence-corrected chi connectivity index (χ2v) is 22.9. The van der Waals surface area contributed by atoms with E-state index in [1.165, 1.54) is 29.6 Å². The van der Waals surface area contributed by atoms with Crippen LogP contribution in [0.2, 0.25) is 0 Å². The fourth-order valence-electron chi connectivity index (χ4n) is 9.51. The van der Waals surface area contributed by atoms with E-state index in [-0.39, 0.29) is 18.8 Å². The van der Waals surface area contributed by atoms with E-state index in [1.807, 2.05) is 5.32 Å². The first-order valence-corrected chi connectivity index (χ1v) is 30.6. The van der Waals surface area contributed by atoms with Gasteiger partial charge in [-0.05, 0) is 42.5 Å². The lowest BCUT2D eigenvalue weighted by molar-refractivity contribution is -0.461. The molecule has 0 radical (unpaired) electrons. The lowest BCUT2D eigenvalue weighted by atomic mass is 9.88. The third-order valence-corrected chi connectivity index (χ3v) is 14.4. The minimum absolute atomic E-state index is 0.226. The first kappa shape index (κ1) is 90.6. The molecule has 0 bridgehead atoms. The van der Waals surface area contributed by atoms with E-state index in [1.54, 1.807) is 30.3 Å². The Bertz CT molecular complexity index is 3410. The van der Waals surface area contributed by atoms with Gasteiger partial charge in [-0.15, -0.1) is 0 Å². The Morgan fingerprint density at radius 2 is 0.962 bits per heavy atom. The number of aromatic hydroxyl groups is 1. The molecule has 11 atom stereocenters. The van der Waals surface area contributed by atoms with Crippen LogP contribution in [-0.4, -0.2) is 218 Å². The summed E-state index contributed by atoms with van der Waals surface area (Å²) in [5, 5.41) is 17.6. The summed E-state index contributed by atoms with van der Waals surface area (Å²) in [6.07, 6.45) is -36.9. The maximum absolute atomic E-state index is 15.3. The normalized spacial score (nSPS) is 18.4. The van der Waals surface area contributed by atoms with Gasteiger partial charge in [-0.25, -0.2) is 4.79 Å². The molecule has 3 rings (SSSR count). The Labute approximate surface area is 587 Å². The number of rotatable bonds is 38. The number of esters is 8. The van der Waals surface area contributed by atoms with E-state index in [2.05, 4.69) is 10.6 Å². The number of alkyl carbamates (subject to hydrolysis) is 1. The van der Waals surface area contributed by atoms with E-state index >= 15 is 17.6 Å². The van der Waals surface area contributed by atoms with Gasteiger partial charge in [0.1, 0.15) is 49.9 Å². The average Bonchev–Trinajstić information content (AvgIpc) is 0.696. The molecule has 2 aromatic rings.